The molecule has 2 N–H and O–H groups in total. The van der Waals surface area contributed by atoms with Crippen molar-refractivity contribution < 1.29 is 4.39 Å². The van der Waals surface area contributed by atoms with Gasteiger partial charge in [-0.25, -0.2) is 4.39 Å². The molecule has 18 heavy (non-hydrogen) atoms. The normalized spacial score (nSPS) is 20.3. The molecule has 2 heteroatoms. The second-order valence-electron chi connectivity index (χ2n) is 6.47. The van der Waals surface area contributed by atoms with Crippen molar-refractivity contribution in [2.24, 2.45) is 11.1 Å². The summed E-state index contributed by atoms with van der Waals surface area (Å²) >= 11 is 0. The van der Waals surface area contributed by atoms with E-state index in [4.69, 9.17) is 5.73 Å². The summed E-state index contributed by atoms with van der Waals surface area (Å²) in [4.78, 5) is 0. The number of nitrogens with two attached hydrogens (primary N) is 1. The van der Waals surface area contributed by atoms with Crippen molar-refractivity contribution in [2.45, 2.75) is 51.6 Å². The predicted molar refractivity (Wildman–Crippen MR) is 74.3 cm³/mol. The molecule has 1 aliphatic carbocycles. The Hall–Kier alpha value is -0.890. The van der Waals surface area contributed by atoms with Gasteiger partial charge < -0.3 is 5.73 Å². The SMILES string of the molecule is CC(C)(C)C(F)(CN)c1ccccc1C1CCC1. The minimum atomic E-state index is -1.45. The van der Waals surface area contributed by atoms with Crippen LogP contribution < -0.4 is 5.73 Å². The molecule has 0 spiro atoms. The molecule has 0 aliphatic heterocycles. The molecule has 1 nitrogen and oxygen atoms in total. The Morgan fingerprint density at radius 3 is 2.28 bits per heavy atom. The summed E-state index contributed by atoms with van der Waals surface area (Å²) in [5.74, 6) is 0.533. The van der Waals surface area contributed by atoms with E-state index in [2.05, 4.69) is 6.07 Å². The van der Waals surface area contributed by atoms with Crippen LogP contribution >= 0.6 is 0 Å². The Kier molecular flexibility index (Phi) is 3.50. The average Bonchev–Trinajstić information content (AvgIpc) is 2.25. The molecular formula is C16H24FN. The van der Waals surface area contributed by atoms with Gasteiger partial charge in [-0.1, -0.05) is 51.5 Å². The fourth-order valence-corrected chi connectivity index (χ4v) is 2.75. The van der Waals surface area contributed by atoms with Crippen molar-refractivity contribution in [2.75, 3.05) is 6.54 Å². The van der Waals surface area contributed by atoms with Gasteiger partial charge in [0.1, 0.15) is 0 Å². The first-order valence-corrected chi connectivity index (χ1v) is 6.88. The minimum Gasteiger partial charge on any atom is -0.327 e. The van der Waals surface area contributed by atoms with Crippen LogP contribution in [0.5, 0.6) is 0 Å². The second-order valence-corrected chi connectivity index (χ2v) is 6.47. The van der Waals surface area contributed by atoms with Crippen molar-refractivity contribution in [3.05, 3.63) is 35.4 Å². The number of halogens is 1. The monoisotopic (exact) mass is 249 g/mol. The van der Waals surface area contributed by atoms with E-state index in [-0.39, 0.29) is 6.54 Å². The smallest absolute Gasteiger partial charge is 0.153 e. The van der Waals surface area contributed by atoms with E-state index in [1.54, 1.807) is 0 Å². The zero-order chi connectivity index (χ0) is 13.4. The topological polar surface area (TPSA) is 26.0 Å². The van der Waals surface area contributed by atoms with Crippen molar-refractivity contribution >= 4 is 0 Å². The highest BCUT2D eigenvalue weighted by molar-refractivity contribution is 5.38. The molecular weight excluding hydrogens is 225 g/mol. The highest BCUT2D eigenvalue weighted by atomic mass is 19.1. The molecule has 1 aliphatic rings. The summed E-state index contributed by atoms with van der Waals surface area (Å²) in [6, 6.07) is 7.94. The maximum atomic E-state index is 15.4. The highest BCUT2D eigenvalue weighted by Gasteiger charge is 2.45. The molecule has 1 atom stereocenters. The molecule has 1 aromatic rings. The van der Waals surface area contributed by atoms with Crippen molar-refractivity contribution in [3.63, 3.8) is 0 Å². The van der Waals surface area contributed by atoms with Gasteiger partial charge in [0.25, 0.3) is 0 Å². The maximum Gasteiger partial charge on any atom is 0.153 e. The molecule has 0 amide bonds. The first-order chi connectivity index (χ1) is 8.40. The van der Waals surface area contributed by atoms with Gasteiger partial charge in [0.15, 0.2) is 5.67 Å². The molecule has 2 rings (SSSR count). The summed E-state index contributed by atoms with van der Waals surface area (Å²) in [7, 11) is 0. The lowest BCUT2D eigenvalue weighted by atomic mass is 9.68. The molecule has 1 saturated carbocycles. The summed E-state index contributed by atoms with van der Waals surface area (Å²) in [6.45, 7) is 5.83. The number of alkyl halides is 1. The standard InChI is InChI=1S/C16H24FN/c1-15(2,3)16(17,11-18)14-10-5-4-9-13(14)12-7-6-8-12/h4-5,9-10,12H,6-8,11,18H2,1-3H3. The van der Waals surface area contributed by atoms with Crippen LogP contribution in [0.3, 0.4) is 0 Å². The van der Waals surface area contributed by atoms with Crippen molar-refractivity contribution in [3.8, 4) is 0 Å². The lowest BCUT2D eigenvalue weighted by Crippen LogP contribution is -2.43. The van der Waals surface area contributed by atoms with Crippen LogP contribution in [0.4, 0.5) is 4.39 Å². The van der Waals surface area contributed by atoms with E-state index in [0.29, 0.717) is 5.92 Å². The van der Waals surface area contributed by atoms with Crippen LogP contribution in [0, 0.1) is 5.41 Å². The Labute approximate surface area is 110 Å². The van der Waals surface area contributed by atoms with E-state index < -0.39 is 11.1 Å². The molecule has 0 aromatic heterocycles. The maximum absolute atomic E-state index is 15.4. The van der Waals surface area contributed by atoms with Gasteiger partial charge in [-0.2, -0.15) is 0 Å². The van der Waals surface area contributed by atoms with E-state index in [0.717, 1.165) is 5.56 Å². The third kappa shape index (κ3) is 2.07. The molecule has 1 fully saturated rings. The number of benzene rings is 1. The largest absolute Gasteiger partial charge is 0.327 e. The molecule has 0 radical (unpaired) electrons. The van der Waals surface area contributed by atoms with Crippen LogP contribution in [-0.2, 0) is 5.67 Å². The van der Waals surface area contributed by atoms with E-state index >= 15 is 4.39 Å². The quantitative estimate of drug-likeness (QED) is 0.856. The lowest BCUT2D eigenvalue weighted by molar-refractivity contribution is 0.0326. The van der Waals surface area contributed by atoms with Gasteiger partial charge in [0, 0.05) is 12.0 Å². The molecule has 1 aromatic carbocycles. The van der Waals surface area contributed by atoms with Crippen molar-refractivity contribution in [1.29, 1.82) is 0 Å². The highest BCUT2D eigenvalue weighted by Crippen LogP contribution is 2.47. The van der Waals surface area contributed by atoms with Crippen LogP contribution in [0.1, 0.15) is 57.1 Å². The van der Waals surface area contributed by atoms with Gasteiger partial charge in [-0.15, -0.1) is 0 Å². The number of rotatable bonds is 3. The first-order valence-electron chi connectivity index (χ1n) is 6.88. The van der Waals surface area contributed by atoms with Gasteiger partial charge >= 0.3 is 0 Å². The van der Waals surface area contributed by atoms with Crippen LogP contribution in [0.15, 0.2) is 24.3 Å². The minimum absolute atomic E-state index is 0.0419. The Morgan fingerprint density at radius 1 is 1.22 bits per heavy atom. The summed E-state index contributed by atoms with van der Waals surface area (Å²) in [6.07, 6.45) is 3.63. The number of hydrogen-bond acceptors (Lipinski definition) is 1. The molecule has 100 valence electrons. The second kappa shape index (κ2) is 4.65. The average molecular weight is 249 g/mol. The Bertz CT molecular complexity index is 417. The van der Waals surface area contributed by atoms with Gasteiger partial charge in [-0.05, 0) is 29.9 Å². The molecule has 0 saturated heterocycles. The summed E-state index contributed by atoms with van der Waals surface area (Å²) < 4.78 is 15.4. The zero-order valence-electron chi connectivity index (χ0n) is 11.7. The van der Waals surface area contributed by atoms with Gasteiger partial charge in [0.2, 0.25) is 0 Å². The van der Waals surface area contributed by atoms with E-state index in [9.17, 15) is 0 Å². The van der Waals surface area contributed by atoms with Crippen LogP contribution in [-0.4, -0.2) is 6.54 Å². The third-order valence-corrected chi connectivity index (χ3v) is 4.40. The fraction of sp³-hybridized carbons (Fsp3) is 0.625. The fourth-order valence-electron chi connectivity index (χ4n) is 2.75. The summed E-state index contributed by atoms with van der Waals surface area (Å²) in [5.41, 5.74) is 5.83. The van der Waals surface area contributed by atoms with Crippen LogP contribution in [0.25, 0.3) is 0 Å². The Balaban J connectivity index is 2.48. The van der Waals surface area contributed by atoms with Crippen molar-refractivity contribution in [1.82, 2.24) is 0 Å². The molecule has 0 heterocycles. The van der Waals surface area contributed by atoms with E-state index in [1.807, 2.05) is 39.0 Å². The molecule has 1 unspecified atom stereocenters. The van der Waals surface area contributed by atoms with Gasteiger partial charge in [0.05, 0.1) is 0 Å². The number of hydrogen-bond donors (Lipinski definition) is 1. The third-order valence-electron chi connectivity index (χ3n) is 4.40. The van der Waals surface area contributed by atoms with Gasteiger partial charge in [-0.3, -0.25) is 0 Å². The Morgan fingerprint density at radius 2 is 1.83 bits per heavy atom. The zero-order valence-corrected chi connectivity index (χ0v) is 11.7. The predicted octanol–water partition coefficient (Wildman–Crippen LogP) is 4.12. The van der Waals surface area contributed by atoms with Crippen LogP contribution in [0.2, 0.25) is 0 Å². The lowest BCUT2D eigenvalue weighted by Gasteiger charge is -2.40. The molecule has 0 bridgehead atoms. The van der Waals surface area contributed by atoms with E-state index in [1.165, 1.54) is 24.8 Å². The first kappa shape index (κ1) is 13.5. The summed E-state index contributed by atoms with van der Waals surface area (Å²) in [5, 5.41) is 0.